The third-order valence-electron chi connectivity index (χ3n) is 6.94. The zero-order valence-electron chi connectivity index (χ0n) is 18.7. The summed E-state index contributed by atoms with van der Waals surface area (Å²) in [7, 11) is 0. The number of nitrogens with zero attached hydrogens (tertiary/aromatic N) is 3. The maximum absolute atomic E-state index is 13.5. The molecule has 10 heteroatoms. The van der Waals surface area contributed by atoms with Gasteiger partial charge in [0.25, 0.3) is 5.91 Å². The number of amides is 1. The lowest BCUT2D eigenvalue weighted by atomic mass is 9.82. The van der Waals surface area contributed by atoms with Crippen molar-refractivity contribution in [2.45, 2.75) is 38.5 Å². The van der Waals surface area contributed by atoms with Crippen LogP contribution in [0.5, 0.6) is 0 Å². The lowest BCUT2D eigenvalue weighted by Crippen LogP contribution is -2.53. The van der Waals surface area contributed by atoms with Gasteiger partial charge in [-0.2, -0.15) is 13.2 Å². The van der Waals surface area contributed by atoms with Crippen LogP contribution in [0.1, 0.15) is 32.3 Å². The highest BCUT2D eigenvalue weighted by Gasteiger charge is 2.51. The molecule has 0 N–H and O–H groups in total. The smallest absolute Gasteiger partial charge is 0.417 e. The van der Waals surface area contributed by atoms with Crippen LogP contribution in [0.25, 0.3) is 0 Å². The van der Waals surface area contributed by atoms with Gasteiger partial charge in [-0.3, -0.25) is 4.79 Å². The third-order valence-corrected chi connectivity index (χ3v) is 7.27. The molecule has 0 aliphatic carbocycles. The Labute approximate surface area is 195 Å². The zero-order chi connectivity index (χ0) is 24.0. The van der Waals surface area contributed by atoms with E-state index in [1.165, 1.54) is 6.07 Å². The Kier molecular flexibility index (Phi) is 6.39. The number of piperidine rings is 1. The summed E-state index contributed by atoms with van der Waals surface area (Å²) in [6.07, 6.45) is -3.38. The van der Waals surface area contributed by atoms with Gasteiger partial charge >= 0.3 is 12.1 Å². The summed E-state index contributed by atoms with van der Waals surface area (Å²) >= 11 is 5.73. The van der Waals surface area contributed by atoms with Crippen LogP contribution in [0.4, 0.5) is 18.9 Å². The summed E-state index contributed by atoms with van der Waals surface area (Å²) in [5.41, 5.74) is -0.527. The van der Waals surface area contributed by atoms with Crippen molar-refractivity contribution in [3.05, 3.63) is 39.9 Å². The normalized spacial score (nSPS) is 21.7. The number of piperazine rings is 1. The van der Waals surface area contributed by atoms with Gasteiger partial charge in [-0.05, 0) is 31.7 Å². The van der Waals surface area contributed by atoms with Crippen molar-refractivity contribution >= 4 is 29.2 Å². The van der Waals surface area contributed by atoms with E-state index in [4.69, 9.17) is 16.3 Å². The summed E-state index contributed by atoms with van der Waals surface area (Å²) in [4.78, 5) is 31.6. The van der Waals surface area contributed by atoms with E-state index in [9.17, 15) is 22.8 Å². The lowest BCUT2D eigenvalue weighted by Gasteiger charge is -2.41. The zero-order valence-corrected chi connectivity index (χ0v) is 19.4. The number of benzene rings is 1. The molecule has 33 heavy (non-hydrogen) atoms. The molecule has 1 aromatic rings. The van der Waals surface area contributed by atoms with Crippen LogP contribution < -0.4 is 4.90 Å². The van der Waals surface area contributed by atoms with Crippen LogP contribution in [-0.4, -0.2) is 73.1 Å². The maximum atomic E-state index is 13.5. The predicted octanol–water partition coefficient (Wildman–Crippen LogP) is 3.74. The van der Waals surface area contributed by atoms with Gasteiger partial charge < -0.3 is 19.4 Å². The number of hydrogen-bond acceptors (Lipinski definition) is 5. The molecule has 0 saturated carbocycles. The molecule has 0 atom stereocenters. The number of ether oxygens (including phenoxy) is 1. The standard InChI is InChI=1S/C23H27ClF3N3O3/c1-3-28-8-6-22(7-9-28)19(15(2)21(32)33-22)20(31)30-12-10-29(11-13-30)16-4-5-18(24)17(14-16)23(25,26)27/h4-5,14H,3,6-13H2,1-2H3. The topological polar surface area (TPSA) is 53.1 Å². The van der Waals surface area contributed by atoms with Crippen molar-refractivity contribution in [2.24, 2.45) is 0 Å². The minimum Gasteiger partial charge on any atom is -0.450 e. The van der Waals surface area contributed by atoms with E-state index in [0.717, 1.165) is 25.7 Å². The Hall–Kier alpha value is -2.26. The average molecular weight is 486 g/mol. The summed E-state index contributed by atoms with van der Waals surface area (Å²) in [6.45, 7) is 7.54. The fourth-order valence-corrected chi connectivity index (χ4v) is 5.16. The molecule has 3 heterocycles. The van der Waals surface area contributed by atoms with Gasteiger partial charge in [-0.1, -0.05) is 18.5 Å². The van der Waals surface area contributed by atoms with E-state index in [1.807, 2.05) is 4.90 Å². The van der Waals surface area contributed by atoms with Crippen LogP contribution in [0.3, 0.4) is 0 Å². The average Bonchev–Trinajstić information content (AvgIpc) is 3.02. The quantitative estimate of drug-likeness (QED) is 0.611. The molecule has 0 radical (unpaired) electrons. The molecule has 2 fully saturated rings. The van der Waals surface area contributed by atoms with Gasteiger partial charge in [-0.25, -0.2) is 4.79 Å². The van der Waals surface area contributed by atoms with Crippen molar-refractivity contribution in [1.82, 2.24) is 9.80 Å². The van der Waals surface area contributed by atoms with E-state index in [2.05, 4.69) is 11.8 Å². The largest absolute Gasteiger partial charge is 0.450 e. The molecule has 4 rings (SSSR count). The fraction of sp³-hybridized carbons (Fsp3) is 0.565. The number of carbonyl (C=O) groups is 2. The summed E-state index contributed by atoms with van der Waals surface area (Å²) in [5, 5.41) is -0.340. The first kappa shape index (κ1) is 23.9. The van der Waals surface area contributed by atoms with E-state index in [0.29, 0.717) is 55.9 Å². The first-order valence-electron chi connectivity index (χ1n) is 11.1. The minimum atomic E-state index is -4.54. The van der Waals surface area contributed by atoms with Crippen LogP contribution >= 0.6 is 11.6 Å². The van der Waals surface area contributed by atoms with Gasteiger partial charge in [0.1, 0.15) is 5.60 Å². The molecule has 0 aromatic heterocycles. The SMILES string of the molecule is CCN1CCC2(CC1)OC(=O)C(C)=C2C(=O)N1CCN(c2ccc(Cl)c(C(F)(F)F)c2)CC1. The maximum Gasteiger partial charge on any atom is 0.417 e. The Morgan fingerprint density at radius 1 is 1.12 bits per heavy atom. The number of alkyl halides is 3. The molecule has 1 spiro atoms. The Morgan fingerprint density at radius 3 is 2.33 bits per heavy atom. The molecule has 6 nitrogen and oxygen atoms in total. The molecule has 0 bridgehead atoms. The van der Waals surface area contributed by atoms with Crippen LogP contribution in [0.15, 0.2) is 29.3 Å². The summed E-state index contributed by atoms with van der Waals surface area (Å²) in [5.74, 6) is -0.655. The summed E-state index contributed by atoms with van der Waals surface area (Å²) in [6, 6.07) is 3.85. The molecule has 1 amide bonds. The molecule has 180 valence electrons. The van der Waals surface area contributed by atoms with E-state index >= 15 is 0 Å². The second-order valence-corrected chi connectivity index (χ2v) is 9.17. The number of esters is 1. The monoisotopic (exact) mass is 485 g/mol. The first-order valence-corrected chi connectivity index (χ1v) is 11.5. The number of rotatable bonds is 3. The van der Waals surface area contributed by atoms with Crippen molar-refractivity contribution in [1.29, 1.82) is 0 Å². The third kappa shape index (κ3) is 4.45. The number of carbonyl (C=O) groups excluding carboxylic acids is 2. The van der Waals surface area contributed by atoms with Gasteiger partial charge in [0.05, 0.1) is 16.2 Å². The first-order chi connectivity index (χ1) is 15.6. The summed E-state index contributed by atoms with van der Waals surface area (Å²) < 4.78 is 45.4. The molecular weight excluding hydrogens is 459 g/mol. The van der Waals surface area contributed by atoms with Crippen LogP contribution in [-0.2, 0) is 20.5 Å². The predicted molar refractivity (Wildman–Crippen MR) is 118 cm³/mol. The van der Waals surface area contributed by atoms with Crippen molar-refractivity contribution in [2.75, 3.05) is 50.7 Å². The fourth-order valence-electron chi connectivity index (χ4n) is 4.94. The van der Waals surface area contributed by atoms with Crippen molar-refractivity contribution in [3.63, 3.8) is 0 Å². The second kappa shape index (κ2) is 8.83. The van der Waals surface area contributed by atoms with Crippen LogP contribution in [0, 0.1) is 0 Å². The number of halogens is 4. The van der Waals surface area contributed by atoms with Crippen LogP contribution in [0.2, 0.25) is 5.02 Å². The Morgan fingerprint density at radius 2 is 1.76 bits per heavy atom. The second-order valence-electron chi connectivity index (χ2n) is 8.76. The van der Waals surface area contributed by atoms with Gasteiger partial charge in [0, 0.05) is 63.4 Å². The molecule has 1 aromatic carbocycles. The molecule has 2 saturated heterocycles. The number of anilines is 1. The molecule has 3 aliphatic rings. The van der Waals surface area contributed by atoms with Gasteiger partial charge in [0.2, 0.25) is 0 Å². The van der Waals surface area contributed by atoms with Crippen molar-refractivity contribution < 1.29 is 27.5 Å². The molecule has 0 unspecified atom stereocenters. The van der Waals surface area contributed by atoms with E-state index in [1.54, 1.807) is 17.9 Å². The minimum absolute atomic E-state index is 0.213. The lowest BCUT2D eigenvalue weighted by molar-refractivity contribution is -0.151. The highest BCUT2D eigenvalue weighted by molar-refractivity contribution is 6.31. The molecular formula is C23H27ClF3N3O3. The Bertz CT molecular complexity index is 979. The van der Waals surface area contributed by atoms with Gasteiger partial charge in [0.15, 0.2) is 0 Å². The van der Waals surface area contributed by atoms with Gasteiger partial charge in [-0.15, -0.1) is 0 Å². The number of likely N-dealkylation sites (tertiary alicyclic amines) is 1. The van der Waals surface area contributed by atoms with E-state index < -0.39 is 23.3 Å². The van der Waals surface area contributed by atoms with E-state index in [-0.39, 0.29) is 10.9 Å². The molecule has 3 aliphatic heterocycles. The number of hydrogen-bond donors (Lipinski definition) is 0. The highest BCUT2D eigenvalue weighted by Crippen LogP contribution is 2.42. The van der Waals surface area contributed by atoms with Crippen molar-refractivity contribution in [3.8, 4) is 0 Å². The Balaban J connectivity index is 1.48. The highest BCUT2D eigenvalue weighted by atomic mass is 35.5.